The van der Waals surface area contributed by atoms with Crippen molar-refractivity contribution in [3.05, 3.63) is 29.3 Å². The van der Waals surface area contributed by atoms with E-state index in [4.69, 9.17) is 11.0 Å². The fourth-order valence-corrected chi connectivity index (χ4v) is 1.18. The van der Waals surface area contributed by atoms with Crippen molar-refractivity contribution in [3.8, 4) is 11.8 Å². The van der Waals surface area contributed by atoms with Gasteiger partial charge in [-0.2, -0.15) is 5.26 Å². The normalized spacial score (nSPS) is 12.1. The first-order valence-corrected chi connectivity index (χ1v) is 4.07. The molecule has 3 nitrogen and oxygen atoms in total. The highest BCUT2D eigenvalue weighted by atomic mass is 16.3. The van der Waals surface area contributed by atoms with Crippen LogP contribution in [0.2, 0.25) is 0 Å². The molecule has 3 N–H and O–H groups in total. The zero-order chi connectivity index (χ0) is 9.84. The third kappa shape index (κ3) is 2.20. The molecule has 0 bridgehead atoms. The molecule has 0 saturated carbocycles. The molecule has 13 heavy (non-hydrogen) atoms. The van der Waals surface area contributed by atoms with E-state index in [2.05, 4.69) is 0 Å². The van der Waals surface area contributed by atoms with Crippen LogP contribution >= 0.6 is 0 Å². The molecule has 1 rings (SSSR count). The van der Waals surface area contributed by atoms with Gasteiger partial charge in [-0.3, -0.25) is 0 Å². The van der Waals surface area contributed by atoms with Gasteiger partial charge < -0.3 is 10.8 Å². The topological polar surface area (TPSA) is 70.0 Å². The lowest BCUT2D eigenvalue weighted by Gasteiger charge is -2.10. The van der Waals surface area contributed by atoms with Crippen molar-refractivity contribution in [1.82, 2.24) is 0 Å². The predicted octanol–water partition coefficient (Wildman–Crippen LogP) is 1.61. The van der Waals surface area contributed by atoms with E-state index in [1.807, 2.05) is 19.1 Å². The van der Waals surface area contributed by atoms with E-state index < -0.39 is 6.04 Å². The van der Waals surface area contributed by atoms with Crippen LogP contribution in [0.25, 0.3) is 0 Å². The number of nitriles is 1. The Labute approximate surface area is 77.4 Å². The molecule has 3 heteroatoms. The number of aryl methyl sites for hydroxylation is 1. The minimum atomic E-state index is -0.398. The Morgan fingerprint density at radius 3 is 2.85 bits per heavy atom. The number of benzene rings is 1. The van der Waals surface area contributed by atoms with Crippen LogP contribution in [0, 0.1) is 18.3 Å². The van der Waals surface area contributed by atoms with Gasteiger partial charge in [-0.05, 0) is 18.6 Å². The molecule has 0 aliphatic carbocycles. The maximum absolute atomic E-state index is 9.50. The van der Waals surface area contributed by atoms with Crippen LogP contribution in [0.15, 0.2) is 18.2 Å². The van der Waals surface area contributed by atoms with Crippen molar-refractivity contribution in [2.45, 2.75) is 19.4 Å². The lowest BCUT2D eigenvalue weighted by molar-refractivity contribution is 0.461. The van der Waals surface area contributed by atoms with Crippen LogP contribution in [0.4, 0.5) is 0 Å². The number of nitrogens with zero attached hydrogens (tertiary/aromatic N) is 1. The molecule has 0 aromatic heterocycles. The number of nitrogens with two attached hydrogens (primary N) is 1. The van der Waals surface area contributed by atoms with Crippen molar-refractivity contribution in [2.75, 3.05) is 0 Å². The first kappa shape index (κ1) is 9.56. The van der Waals surface area contributed by atoms with Crippen LogP contribution < -0.4 is 5.73 Å². The maximum Gasteiger partial charge on any atom is 0.120 e. The molecule has 68 valence electrons. The quantitative estimate of drug-likeness (QED) is 0.719. The number of rotatable bonds is 2. The van der Waals surface area contributed by atoms with Crippen LogP contribution in [0.3, 0.4) is 0 Å². The van der Waals surface area contributed by atoms with Crippen molar-refractivity contribution in [2.24, 2.45) is 5.73 Å². The van der Waals surface area contributed by atoms with Crippen molar-refractivity contribution < 1.29 is 5.11 Å². The Balaban J connectivity index is 2.96. The van der Waals surface area contributed by atoms with Gasteiger partial charge in [-0.15, -0.1) is 0 Å². The zero-order valence-corrected chi connectivity index (χ0v) is 7.49. The summed E-state index contributed by atoms with van der Waals surface area (Å²) in [5.41, 5.74) is 7.28. The second-order valence-corrected chi connectivity index (χ2v) is 3.03. The molecule has 0 aliphatic heterocycles. The van der Waals surface area contributed by atoms with Gasteiger partial charge in [0.05, 0.1) is 12.5 Å². The van der Waals surface area contributed by atoms with Gasteiger partial charge in [0, 0.05) is 11.6 Å². The number of phenolic OH excluding ortho intramolecular Hbond substituents is 1. The lowest BCUT2D eigenvalue weighted by Crippen LogP contribution is -2.09. The van der Waals surface area contributed by atoms with E-state index in [1.165, 1.54) is 0 Å². The molecule has 0 unspecified atom stereocenters. The van der Waals surface area contributed by atoms with Gasteiger partial charge in [-0.1, -0.05) is 12.1 Å². The Bertz CT molecular complexity index is 341. The summed E-state index contributed by atoms with van der Waals surface area (Å²) in [6.45, 7) is 1.89. The molecule has 1 aromatic carbocycles. The fourth-order valence-electron chi connectivity index (χ4n) is 1.18. The highest BCUT2D eigenvalue weighted by Gasteiger charge is 2.09. The fraction of sp³-hybridized carbons (Fsp3) is 0.300. The van der Waals surface area contributed by atoms with E-state index in [9.17, 15) is 5.11 Å². The molecule has 0 radical (unpaired) electrons. The largest absolute Gasteiger partial charge is 0.508 e. The summed E-state index contributed by atoms with van der Waals surface area (Å²) in [6, 6.07) is 6.84. The summed E-state index contributed by atoms with van der Waals surface area (Å²) in [7, 11) is 0. The van der Waals surface area contributed by atoms with E-state index in [1.54, 1.807) is 12.1 Å². The monoisotopic (exact) mass is 176 g/mol. The molecular formula is C10H12N2O. The van der Waals surface area contributed by atoms with Crippen molar-refractivity contribution >= 4 is 0 Å². The smallest absolute Gasteiger partial charge is 0.120 e. The Morgan fingerprint density at radius 1 is 1.62 bits per heavy atom. The molecule has 1 atom stereocenters. The number of hydrogen-bond acceptors (Lipinski definition) is 3. The highest BCUT2D eigenvalue weighted by molar-refractivity contribution is 5.38. The minimum Gasteiger partial charge on any atom is -0.508 e. The average Bonchev–Trinajstić information content (AvgIpc) is 2.04. The molecule has 0 amide bonds. The van der Waals surface area contributed by atoms with Gasteiger partial charge in [0.1, 0.15) is 5.75 Å². The molecule has 0 heterocycles. The Kier molecular flexibility index (Phi) is 2.88. The number of phenols is 1. The van der Waals surface area contributed by atoms with Crippen molar-refractivity contribution in [1.29, 1.82) is 5.26 Å². The van der Waals surface area contributed by atoms with Crippen LogP contribution in [-0.2, 0) is 0 Å². The second-order valence-electron chi connectivity index (χ2n) is 3.03. The van der Waals surface area contributed by atoms with Gasteiger partial charge in [0.15, 0.2) is 0 Å². The van der Waals surface area contributed by atoms with Gasteiger partial charge in [-0.25, -0.2) is 0 Å². The molecule has 0 spiro atoms. The van der Waals surface area contributed by atoms with Gasteiger partial charge >= 0.3 is 0 Å². The lowest BCUT2D eigenvalue weighted by atomic mass is 10.0. The van der Waals surface area contributed by atoms with Gasteiger partial charge in [0.25, 0.3) is 0 Å². The summed E-state index contributed by atoms with van der Waals surface area (Å²) in [4.78, 5) is 0. The molecule has 0 saturated heterocycles. The molecular weight excluding hydrogens is 164 g/mol. The third-order valence-electron chi connectivity index (χ3n) is 1.90. The summed E-state index contributed by atoms with van der Waals surface area (Å²) in [5, 5.41) is 17.9. The summed E-state index contributed by atoms with van der Waals surface area (Å²) in [6.07, 6.45) is 0.219. The zero-order valence-electron chi connectivity index (χ0n) is 7.49. The van der Waals surface area contributed by atoms with Crippen LogP contribution in [-0.4, -0.2) is 5.11 Å². The maximum atomic E-state index is 9.50. The second kappa shape index (κ2) is 3.92. The summed E-state index contributed by atoms with van der Waals surface area (Å²) in [5.74, 6) is 0.169. The number of aromatic hydroxyl groups is 1. The third-order valence-corrected chi connectivity index (χ3v) is 1.90. The minimum absolute atomic E-state index is 0.169. The Morgan fingerprint density at radius 2 is 2.31 bits per heavy atom. The van der Waals surface area contributed by atoms with E-state index >= 15 is 0 Å². The standard InChI is InChI=1S/C10H12N2O/c1-7-2-3-8(10(13)6-7)9(12)4-5-11/h2-3,6,9,13H,4,12H2,1H3/t9-/m0/s1. The van der Waals surface area contributed by atoms with Crippen LogP contribution in [0.5, 0.6) is 5.75 Å². The summed E-state index contributed by atoms with van der Waals surface area (Å²) >= 11 is 0. The first-order chi connectivity index (χ1) is 6.15. The van der Waals surface area contributed by atoms with E-state index in [0.29, 0.717) is 5.56 Å². The predicted molar refractivity (Wildman–Crippen MR) is 50.0 cm³/mol. The average molecular weight is 176 g/mol. The molecule has 0 aliphatic rings. The molecule has 0 fully saturated rings. The highest BCUT2D eigenvalue weighted by Crippen LogP contribution is 2.25. The van der Waals surface area contributed by atoms with E-state index in [-0.39, 0.29) is 12.2 Å². The van der Waals surface area contributed by atoms with Gasteiger partial charge in [0.2, 0.25) is 0 Å². The summed E-state index contributed by atoms with van der Waals surface area (Å²) < 4.78 is 0. The van der Waals surface area contributed by atoms with E-state index in [0.717, 1.165) is 5.56 Å². The first-order valence-electron chi connectivity index (χ1n) is 4.07. The van der Waals surface area contributed by atoms with Crippen molar-refractivity contribution in [3.63, 3.8) is 0 Å². The number of hydrogen-bond donors (Lipinski definition) is 2. The van der Waals surface area contributed by atoms with Crippen LogP contribution in [0.1, 0.15) is 23.6 Å². The Hall–Kier alpha value is -1.53. The SMILES string of the molecule is Cc1ccc([C@@H](N)CC#N)c(O)c1. The molecule has 1 aromatic rings.